The first kappa shape index (κ1) is 11.1. The van der Waals surface area contributed by atoms with Gasteiger partial charge in [-0.25, -0.2) is 0 Å². The third-order valence-corrected chi connectivity index (χ3v) is 3.23. The lowest BCUT2D eigenvalue weighted by molar-refractivity contribution is 0.0998. The second-order valence-corrected chi connectivity index (χ2v) is 4.53. The van der Waals surface area contributed by atoms with Gasteiger partial charge in [0.1, 0.15) is 10.4 Å². The summed E-state index contributed by atoms with van der Waals surface area (Å²) in [7, 11) is 0. The molecule has 0 aliphatic heterocycles. The maximum absolute atomic E-state index is 11.1. The molecule has 0 aliphatic carbocycles. The summed E-state index contributed by atoms with van der Waals surface area (Å²) in [5.74, 6) is -0.108. The Morgan fingerprint density at radius 2 is 2.19 bits per heavy atom. The fraction of sp³-hybridized carbons (Fsp3) is 0. The lowest BCUT2D eigenvalue weighted by Crippen LogP contribution is -2.11. The topological polar surface area (TPSA) is 65.2 Å². The van der Waals surface area contributed by atoms with Gasteiger partial charge >= 0.3 is 0 Å². The first-order valence-corrected chi connectivity index (χ1v) is 6.02. The summed E-state index contributed by atoms with van der Waals surface area (Å²) in [4.78, 5) is 15.2. The highest BCUT2D eigenvalue weighted by Crippen LogP contribution is 2.29. The molecule has 0 bridgehead atoms. The van der Waals surface area contributed by atoms with Crippen molar-refractivity contribution in [2.75, 3.05) is 0 Å². The Morgan fingerprint density at radius 3 is 2.81 bits per heavy atom. The van der Waals surface area contributed by atoms with E-state index in [1.54, 1.807) is 29.6 Å². The van der Waals surface area contributed by atoms with E-state index in [4.69, 9.17) is 10.5 Å². The molecule has 0 fully saturated rings. The molecule has 0 atom stereocenters. The van der Waals surface area contributed by atoms with Crippen LogP contribution >= 0.6 is 27.3 Å². The third kappa shape index (κ3) is 2.40. The van der Waals surface area contributed by atoms with E-state index in [9.17, 15) is 4.79 Å². The van der Waals surface area contributed by atoms with Gasteiger partial charge in [-0.15, -0.1) is 0 Å². The molecule has 0 aliphatic rings. The van der Waals surface area contributed by atoms with Gasteiger partial charge in [0.2, 0.25) is 0 Å². The minimum Gasteiger partial charge on any atom is -0.430 e. The number of nitrogens with zero attached hydrogens (tertiary/aromatic N) is 1. The smallest absolute Gasteiger partial charge is 0.279 e. The molecular formula is C10H7BrN2O2S. The minimum atomic E-state index is -0.522. The Balaban J connectivity index is 2.31. The van der Waals surface area contributed by atoms with E-state index >= 15 is 0 Å². The maximum Gasteiger partial charge on any atom is 0.279 e. The quantitative estimate of drug-likeness (QED) is 0.947. The summed E-state index contributed by atoms with van der Waals surface area (Å²) in [5.41, 5.74) is 5.57. The first-order valence-electron chi connectivity index (χ1n) is 4.34. The van der Waals surface area contributed by atoms with Gasteiger partial charge in [0, 0.05) is 5.38 Å². The maximum atomic E-state index is 11.1. The molecule has 1 amide bonds. The van der Waals surface area contributed by atoms with Crippen LogP contribution in [-0.2, 0) is 0 Å². The number of halogens is 1. The highest BCUT2D eigenvalue weighted by molar-refractivity contribution is 9.10. The second-order valence-electron chi connectivity index (χ2n) is 2.90. The van der Waals surface area contributed by atoms with E-state index in [2.05, 4.69) is 20.9 Å². The predicted octanol–water partition coefficient (Wildman–Crippen LogP) is 2.80. The second kappa shape index (κ2) is 4.63. The molecule has 0 unspecified atom stereocenters. The number of para-hydroxylation sites is 1. The number of thiazole rings is 1. The van der Waals surface area contributed by atoms with Crippen LogP contribution in [0.25, 0.3) is 0 Å². The van der Waals surface area contributed by atoms with Crippen LogP contribution < -0.4 is 10.5 Å². The lowest BCUT2D eigenvalue weighted by atomic mass is 10.2. The number of primary amides is 1. The van der Waals surface area contributed by atoms with Crippen LogP contribution in [-0.4, -0.2) is 10.9 Å². The summed E-state index contributed by atoms with van der Waals surface area (Å²) < 4.78 is 6.17. The largest absolute Gasteiger partial charge is 0.430 e. The van der Waals surface area contributed by atoms with Gasteiger partial charge in [0.05, 0.1) is 5.56 Å². The van der Waals surface area contributed by atoms with Gasteiger partial charge in [-0.05, 0) is 28.1 Å². The predicted molar refractivity (Wildman–Crippen MR) is 64.8 cm³/mol. The number of hydrogen-bond donors (Lipinski definition) is 1. The van der Waals surface area contributed by atoms with Gasteiger partial charge < -0.3 is 10.5 Å². The summed E-state index contributed by atoms with van der Waals surface area (Å²) in [5, 5.41) is 2.25. The Kier molecular flexibility index (Phi) is 3.21. The molecule has 0 saturated carbocycles. The van der Waals surface area contributed by atoms with Crippen LogP contribution in [0, 0.1) is 0 Å². The fourth-order valence-electron chi connectivity index (χ4n) is 1.14. The third-order valence-electron chi connectivity index (χ3n) is 1.80. The van der Waals surface area contributed by atoms with Crippen LogP contribution in [0.3, 0.4) is 0 Å². The Labute approximate surface area is 104 Å². The van der Waals surface area contributed by atoms with Crippen LogP contribution in [0.15, 0.2) is 34.2 Å². The molecule has 1 aromatic heterocycles. The number of rotatable bonds is 3. The van der Waals surface area contributed by atoms with Crippen molar-refractivity contribution in [3.63, 3.8) is 0 Å². The fourth-order valence-corrected chi connectivity index (χ4v) is 2.24. The van der Waals surface area contributed by atoms with Crippen molar-refractivity contribution < 1.29 is 9.53 Å². The van der Waals surface area contributed by atoms with Crippen molar-refractivity contribution in [2.45, 2.75) is 0 Å². The molecule has 0 spiro atoms. The molecule has 2 rings (SSSR count). The van der Waals surface area contributed by atoms with Crippen molar-refractivity contribution in [3.05, 3.63) is 39.8 Å². The summed E-state index contributed by atoms with van der Waals surface area (Å²) in [6, 6.07) is 6.78. The number of nitrogens with two attached hydrogens (primary N) is 1. The number of amides is 1. The average Bonchev–Trinajstić information content (AvgIpc) is 2.64. The summed E-state index contributed by atoms with van der Waals surface area (Å²) >= 11 is 4.55. The number of ether oxygens (including phenoxy) is 1. The molecule has 1 aromatic carbocycles. The van der Waals surface area contributed by atoms with E-state index < -0.39 is 5.91 Å². The highest BCUT2D eigenvalue weighted by Gasteiger charge is 2.10. The van der Waals surface area contributed by atoms with Crippen molar-refractivity contribution in [1.82, 2.24) is 4.98 Å². The number of hydrogen-bond acceptors (Lipinski definition) is 4. The van der Waals surface area contributed by atoms with Gasteiger partial charge in [-0.1, -0.05) is 23.5 Å². The van der Waals surface area contributed by atoms with Gasteiger partial charge in [0.15, 0.2) is 0 Å². The van der Waals surface area contributed by atoms with Gasteiger partial charge in [-0.3, -0.25) is 4.79 Å². The molecule has 0 radical (unpaired) electrons. The average molecular weight is 299 g/mol. The van der Waals surface area contributed by atoms with E-state index in [-0.39, 0.29) is 0 Å². The minimum absolute atomic E-state index is 0.342. The normalized spacial score (nSPS) is 10.1. The number of aromatic nitrogens is 1. The number of carbonyl (C=O) groups is 1. The van der Waals surface area contributed by atoms with Crippen LogP contribution in [0.5, 0.6) is 10.9 Å². The monoisotopic (exact) mass is 298 g/mol. The van der Waals surface area contributed by atoms with E-state index in [0.29, 0.717) is 21.1 Å². The molecule has 1 heterocycles. The lowest BCUT2D eigenvalue weighted by Gasteiger charge is -2.05. The van der Waals surface area contributed by atoms with Gasteiger partial charge in [-0.2, -0.15) is 4.98 Å². The molecule has 16 heavy (non-hydrogen) atoms. The van der Waals surface area contributed by atoms with Crippen LogP contribution in [0.4, 0.5) is 0 Å². The zero-order valence-corrected chi connectivity index (χ0v) is 10.4. The Bertz CT molecular complexity index is 527. The molecule has 2 aromatic rings. The molecular weight excluding hydrogens is 292 g/mol. The first-order chi connectivity index (χ1) is 7.66. The van der Waals surface area contributed by atoms with E-state index in [1.807, 2.05) is 0 Å². The van der Waals surface area contributed by atoms with E-state index in [0.717, 1.165) is 0 Å². The summed E-state index contributed by atoms with van der Waals surface area (Å²) in [6.45, 7) is 0. The highest BCUT2D eigenvalue weighted by atomic mass is 79.9. The molecule has 6 heteroatoms. The standard InChI is InChI=1S/C10H7BrN2O2S/c11-8-5-16-10(13-8)15-7-4-2-1-3-6(7)9(12)14/h1-5H,(H2,12,14). The number of benzene rings is 1. The SMILES string of the molecule is NC(=O)c1ccccc1Oc1nc(Br)cs1. The number of carbonyl (C=O) groups excluding carboxylic acids is 1. The van der Waals surface area contributed by atoms with Crippen LogP contribution in [0.2, 0.25) is 0 Å². The zero-order valence-electron chi connectivity index (χ0n) is 8.01. The molecule has 2 N–H and O–H groups in total. The van der Waals surface area contributed by atoms with Crippen molar-refractivity contribution in [3.8, 4) is 10.9 Å². The summed E-state index contributed by atoms with van der Waals surface area (Å²) in [6.07, 6.45) is 0. The Morgan fingerprint density at radius 1 is 1.44 bits per heavy atom. The van der Waals surface area contributed by atoms with Crippen molar-refractivity contribution in [1.29, 1.82) is 0 Å². The van der Waals surface area contributed by atoms with Crippen LogP contribution in [0.1, 0.15) is 10.4 Å². The van der Waals surface area contributed by atoms with Crippen molar-refractivity contribution >= 4 is 33.2 Å². The van der Waals surface area contributed by atoms with E-state index in [1.165, 1.54) is 11.3 Å². The molecule has 82 valence electrons. The Hall–Kier alpha value is -1.40. The molecule has 0 saturated heterocycles. The van der Waals surface area contributed by atoms with Crippen molar-refractivity contribution in [2.24, 2.45) is 5.73 Å². The zero-order chi connectivity index (χ0) is 11.5. The van der Waals surface area contributed by atoms with Gasteiger partial charge in [0.25, 0.3) is 11.1 Å². The molecule has 4 nitrogen and oxygen atoms in total.